The number of nitrogens with one attached hydrogen (secondary N) is 2. The molecule has 0 radical (unpaired) electrons. The van der Waals surface area contributed by atoms with E-state index in [9.17, 15) is 9.59 Å². The predicted molar refractivity (Wildman–Crippen MR) is 113 cm³/mol. The van der Waals surface area contributed by atoms with Gasteiger partial charge in [0.05, 0.1) is 26.4 Å². The number of carbonyl (C=O) groups is 2. The lowest BCUT2D eigenvalue weighted by Crippen LogP contribution is -2.42. The van der Waals surface area contributed by atoms with Crippen LogP contribution < -0.4 is 25.2 Å². The minimum absolute atomic E-state index is 0.250. The average molecular weight is 435 g/mol. The molecule has 0 atom stereocenters. The highest BCUT2D eigenvalue weighted by atomic mass is 32.1. The minimum atomic E-state index is -0.480. The number of nitrogens with zero attached hydrogens (tertiary/aromatic N) is 2. The normalized spacial score (nSPS) is 13.6. The second-order valence-electron chi connectivity index (χ2n) is 6.47. The van der Waals surface area contributed by atoms with Crippen molar-refractivity contribution in [3.8, 4) is 11.5 Å². The summed E-state index contributed by atoms with van der Waals surface area (Å²) in [7, 11) is 0. The molecule has 1 aliphatic rings. The van der Waals surface area contributed by atoms with Crippen LogP contribution in [0.3, 0.4) is 0 Å². The Balaban J connectivity index is 1.58. The van der Waals surface area contributed by atoms with Gasteiger partial charge in [0.25, 0.3) is 11.8 Å². The third-order valence-corrected chi connectivity index (χ3v) is 5.16. The zero-order valence-electron chi connectivity index (χ0n) is 17.1. The first kappa shape index (κ1) is 21.8. The summed E-state index contributed by atoms with van der Waals surface area (Å²) in [5, 5.41) is 2.43. The Labute approximate surface area is 179 Å². The Morgan fingerprint density at radius 1 is 1.13 bits per heavy atom. The summed E-state index contributed by atoms with van der Waals surface area (Å²) in [6, 6.07) is 4.90. The monoisotopic (exact) mass is 434 g/mol. The quantitative estimate of drug-likeness (QED) is 0.615. The van der Waals surface area contributed by atoms with E-state index in [1.165, 1.54) is 11.3 Å². The van der Waals surface area contributed by atoms with E-state index in [0.717, 1.165) is 24.6 Å². The van der Waals surface area contributed by atoms with Crippen molar-refractivity contribution >= 4 is 28.3 Å². The van der Waals surface area contributed by atoms with Crippen molar-refractivity contribution in [2.75, 3.05) is 44.4 Å². The van der Waals surface area contributed by atoms with Crippen LogP contribution >= 0.6 is 11.3 Å². The van der Waals surface area contributed by atoms with Crippen LogP contribution in [0.4, 0.5) is 5.13 Å². The van der Waals surface area contributed by atoms with Crippen LogP contribution in [0.2, 0.25) is 0 Å². The van der Waals surface area contributed by atoms with Gasteiger partial charge in [0.2, 0.25) is 0 Å². The molecule has 3 rings (SSSR count). The second-order valence-corrected chi connectivity index (χ2v) is 7.30. The molecule has 1 saturated heterocycles. The van der Waals surface area contributed by atoms with Crippen LogP contribution in [0.5, 0.6) is 11.5 Å². The molecule has 10 heteroatoms. The maximum atomic E-state index is 12.5. The zero-order valence-corrected chi connectivity index (χ0v) is 17.9. The Morgan fingerprint density at radius 3 is 2.63 bits per heavy atom. The molecule has 1 fully saturated rings. The molecule has 162 valence electrons. The molecular weight excluding hydrogens is 408 g/mol. The summed E-state index contributed by atoms with van der Waals surface area (Å²) in [6.45, 7) is 7.64. The molecule has 0 bridgehead atoms. The molecular formula is C20H26N4O5S. The number of carbonyl (C=O) groups excluding carboxylic acids is 2. The molecule has 1 aliphatic heterocycles. The van der Waals surface area contributed by atoms with E-state index in [-0.39, 0.29) is 5.69 Å². The van der Waals surface area contributed by atoms with Gasteiger partial charge in [0.1, 0.15) is 5.69 Å². The maximum absolute atomic E-state index is 12.5. The number of anilines is 1. The first-order valence-electron chi connectivity index (χ1n) is 9.91. The van der Waals surface area contributed by atoms with Crippen molar-refractivity contribution in [3.05, 3.63) is 34.8 Å². The Bertz CT molecular complexity index is 867. The van der Waals surface area contributed by atoms with E-state index >= 15 is 0 Å². The van der Waals surface area contributed by atoms with Gasteiger partial charge in [-0.15, -0.1) is 11.3 Å². The van der Waals surface area contributed by atoms with E-state index in [4.69, 9.17) is 14.2 Å². The summed E-state index contributed by atoms with van der Waals surface area (Å²) in [5.74, 6) is 0.124. The fourth-order valence-electron chi connectivity index (χ4n) is 2.77. The summed E-state index contributed by atoms with van der Waals surface area (Å²) in [4.78, 5) is 31.2. The number of thiazole rings is 1. The van der Waals surface area contributed by atoms with Crippen LogP contribution in [-0.4, -0.2) is 56.3 Å². The molecule has 9 nitrogen and oxygen atoms in total. The Kier molecular flexibility index (Phi) is 7.86. The maximum Gasteiger partial charge on any atom is 0.289 e. The number of morpholine rings is 1. The van der Waals surface area contributed by atoms with Gasteiger partial charge in [0, 0.05) is 24.0 Å². The van der Waals surface area contributed by atoms with Gasteiger partial charge in [0.15, 0.2) is 16.6 Å². The lowest BCUT2D eigenvalue weighted by molar-refractivity contribution is 0.0844. The largest absolute Gasteiger partial charge is 0.490 e. The fraction of sp³-hybridized carbons (Fsp3) is 0.450. The number of ether oxygens (including phenoxy) is 3. The molecule has 0 aliphatic carbocycles. The van der Waals surface area contributed by atoms with Crippen molar-refractivity contribution in [3.63, 3.8) is 0 Å². The van der Waals surface area contributed by atoms with E-state index in [2.05, 4.69) is 20.7 Å². The van der Waals surface area contributed by atoms with Gasteiger partial charge < -0.3 is 19.1 Å². The highest BCUT2D eigenvalue weighted by Crippen LogP contribution is 2.28. The number of benzene rings is 1. The van der Waals surface area contributed by atoms with Crippen LogP contribution in [-0.2, 0) is 4.74 Å². The minimum Gasteiger partial charge on any atom is -0.490 e. The predicted octanol–water partition coefficient (Wildman–Crippen LogP) is 2.24. The van der Waals surface area contributed by atoms with E-state index in [1.54, 1.807) is 23.6 Å². The lowest BCUT2D eigenvalue weighted by Gasteiger charge is -2.25. The molecule has 0 unspecified atom stereocenters. The van der Waals surface area contributed by atoms with E-state index in [0.29, 0.717) is 43.5 Å². The molecule has 0 saturated carbocycles. The molecule has 1 aromatic heterocycles. The summed E-state index contributed by atoms with van der Waals surface area (Å²) in [5.41, 5.74) is 5.41. The van der Waals surface area contributed by atoms with Crippen LogP contribution in [0.1, 0.15) is 41.1 Å². The van der Waals surface area contributed by atoms with Crippen molar-refractivity contribution < 1.29 is 23.8 Å². The lowest BCUT2D eigenvalue weighted by atomic mass is 10.2. The summed E-state index contributed by atoms with van der Waals surface area (Å²) >= 11 is 1.39. The first-order valence-corrected chi connectivity index (χ1v) is 10.8. The van der Waals surface area contributed by atoms with Gasteiger partial charge in [-0.1, -0.05) is 6.92 Å². The van der Waals surface area contributed by atoms with Gasteiger partial charge in [-0.05, 0) is 31.5 Å². The number of amides is 2. The summed E-state index contributed by atoms with van der Waals surface area (Å²) < 4.78 is 16.5. The van der Waals surface area contributed by atoms with Gasteiger partial charge in [-0.2, -0.15) is 0 Å². The number of aromatic nitrogens is 1. The fourth-order valence-corrected chi connectivity index (χ4v) is 3.63. The number of hydrogen-bond acceptors (Lipinski definition) is 8. The van der Waals surface area contributed by atoms with Crippen LogP contribution in [0, 0.1) is 0 Å². The Morgan fingerprint density at radius 2 is 1.90 bits per heavy atom. The molecule has 2 aromatic rings. The second kappa shape index (κ2) is 10.8. The third-order valence-electron chi connectivity index (χ3n) is 4.26. The number of hydrogen-bond donors (Lipinski definition) is 2. The molecule has 1 aromatic carbocycles. The van der Waals surface area contributed by atoms with Crippen LogP contribution in [0.25, 0.3) is 0 Å². The number of hydrazine groups is 1. The van der Waals surface area contributed by atoms with Crippen LogP contribution in [0.15, 0.2) is 23.6 Å². The smallest absolute Gasteiger partial charge is 0.289 e. The van der Waals surface area contributed by atoms with E-state index < -0.39 is 11.8 Å². The van der Waals surface area contributed by atoms with Gasteiger partial charge in [-0.25, -0.2) is 4.98 Å². The van der Waals surface area contributed by atoms with Crippen molar-refractivity contribution in [1.82, 2.24) is 15.8 Å². The number of rotatable bonds is 8. The molecule has 2 N–H and O–H groups in total. The Hall–Kier alpha value is -2.85. The first-order chi connectivity index (χ1) is 14.6. The van der Waals surface area contributed by atoms with Crippen molar-refractivity contribution in [2.24, 2.45) is 0 Å². The topological polar surface area (TPSA) is 102 Å². The standard InChI is InChI=1S/C20H26N4O5S/c1-3-9-29-16-6-5-14(12-17(16)28-4-2)18(25)22-23-19(26)15-13-30-20(21-15)24-7-10-27-11-8-24/h5-6,12-13H,3-4,7-11H2,1-2H3,(H,22,25)(H,23,26). The van der Waals surface area contributed by atoms with Gasteiger partial charge >= 0.3 is 0 Å². The molecule has 2 heterocycles. The average Bonchev–Trinajstić information content (AvgIpc) is 3.27. The van der Waals surface area contributed by atoms with E-state index in [1.807, 2.05) is 13.8 Å². The highest BCUT2D eigenvalue weighted by Gasteiger charge is 2.18. The molecule has 30 heavy (non-hydrogen) atoms. The third kappa shape index (κ3) is 5.61. The SMILES string of the molecule is CCCOc1ccc(C(=O)NNC(=O)c2csc(N3CCOCC3)n2)cc1OCC. The summed E-state index contributed by atoms with van der Waals surface area (Å²) in [6.07, 6.45) is 0.865. The highest BCUT2D eigenvalue weighted by molar-refractivity contribution is 7.13. The molecule has 2 amide bonds. The van der Waals surface area contributed by atoms with Gasteiger partial charge in [-0.3, -0.25) is 20.4 Å². The van der Waals surface area contributed by atoms with Crippen molar-refractivity contribution in [1.29, 1.82) is 0 Å². The van der Waals surface area contributed by atoms with Crippen molar-refractivity contribution in [2.45, 2.75) is 20.3 Å². The zero-order chi connectivity index (χ0) is 21.3. The molecule has 0 spiro atoms.